The second-order valence-corrected chi connectivity index (χ2v) is 9.70. The van der Waals surface area contributed by atoms with Crippen LogP contribution in [0.4, 0.5) is 0 Å². The second kappa shape index (κ2) is 9.41. The first-order valence-corrected chi connectivity index (χ1v) is 11.8. The average molecular weight is 490 g/mol. The predicted molar refractivity (Wildman–Crippen MR) is 120 cm³/mol. The van der Waals surface area contributed by atoms with Gasteiger partial charge in [0.15, 0.2) is 0 Å². The van der Waals surface area contributed by atoms with Crippen LogP contribution in [0.1, 0.15) is 24.1 Å². The van der Waals surface area contributed by atoms with Gasteiger partial charge in [0.2, 0.25) is 17.7 Å². The number of likely N-dealkylation sites (tertiary alicyclic amines) is 1. The van der Waals surface area contributed by atoms with Gasteiger partial charge in [0, 0.05) is 72.8 Å². The fourth-order valence-electron chi connectivity index (χ4n) is 3.85. The Balaban J connectivity index is 1.24. The van der Waals surface area contributed by atoms with E-state index in [-0.39, 0.29) is 43.5 Å². The first-order chi connectivity index (χ1) is 14.5. The molecule has 3 heterocycles. The van der Waals surface area contributed by atoms with E-state index in [1.165, 1.54) is 20.2 Å². The van der Waals surface area contributed by atoms with Crippen LogP contribution in [0.25, 0.3) is 10.4 Å². The predicted octanol–water partition coefficient (Wildman–Crippen LogP) is 3.36. The minimum atomic E-state index is -0.156. The fraction of sp³-hybridized carbons (Fsp3) is 0.409. The molecule has 3 amide bonds. The summed E-state index contributed by atoms with van der Waals surface area (Å²) in [5, 5.41) is 0. The van der Waals surface area contributed by atoms with Crippen LogP contribution in [0.15, 0.2) is 40.9 Å². The van der Waals surface area contributed by atoms with Gasteiger partial charge < -0.3 is 4.90 Å². The molecule has 0 radical (unpaired) electrons. The topological polar surface area (TPSA) is 60.9 Å². The van der Waals surface area contributed by atoms with Crippen LogP contribution in [-0.2, 0) is 20.9 Å². The van der Waals surface area contributed by atoms with Gasteiger partial charge in [0.05, 0.1) is 0 Å². The number of nitrogens with zero attached hydrogens (tertiary/aromatic N) is 3. The Morgan fingerprint density at radius 3 is 2.27 bits per heavy atom. The molecule has 2 saturated heterocycles. The largest absolute Gasteiger partial charge is 0.340 e. The van der Waals surface area contributed by atoms with Crippen LogP contribution >= 0.6 is 27.3 Å². The van der Waals surface area contributed by atoms with E-state index in [2.05, 4.69) is 57.2 Å². The van der Waals surface area contributed by atoms with E-state index in [0.29, 0.717) is 13.1 Å². The highest BCUT2D eigenvalue weighted by Crippen LogP contribution is 2.30. The van der Waals surface area contributed by atoms with E-state index >= 15 is 0 Å². The molecule has 0 spiro atoms. The molecule has 2 fully saturated rings. The van der Waals surface area contributed by atoms with Gasteiger partial charge in [-0.3, -0.25) is 24.2 Å². The van der Waals surface area contributed by atoms with E-state index < -0.39 is 0 Å². The molecule has 1 aromatic heterocycles. The number of imide groups is 1. The maximum atomic E-state index is 12.5. The minimum Gasteiger partial charge on any atom is -0.340 e. The monoisotopic (exact) mass is 489 g/mol. The van der Waals surface area contributed by atoms with Crippen molar-refractivity contribution in [3.63, 3.8) is 0 Å². The number of hydrogen-bond acceptors (Lipinski definition) is 5. The summed E-state index contributed by atoms with van der Waals surface area (Å²) < 4.78 is 1.08. The Morgan fingerprint density at radius 1 is 0.933 bits per heavy atom. The standard InChI is InChI=1S/C22H24BrN3O3S/c23-17-3-1-16(2-4-17)19-6-5-18(30-19)15-24-11-13-25(14-12-24)20(27)9-10-26-21(28)7-8-22(26)29/h1-6H,7-15H2. The number of halogens is 1. The van der Waals surface area contributed by atoms with Crippen molar-refractivity contribution in [3.05, 3.63) is 45.7 Å². The maximum absolute atomic E-state index is 12.5. The average Bonchev–Trinajstić information content (AvgIpc) is 3.34. The Hall–Kier alpha value is -2.03. The molecular weight excluding hydrogens is 466 g/mol. The summed E-state index contributed by atoms with van der Waals surface area (Å²) in [5.41, 5.74) is 1.22. The molecule has 30 heavy (non-hydrogen) atoms. The van der Waals surface area contributed by atoms with Gasteiger partial charge >= 0.3 is 0 Å². The summed E-state index contributed by atoms with van der Waals surface area (Å²) in [6, 6.07) is 12.7. The Kier molecular flexibility index (Phi) is 6.65. The third-order valence-electron chi connectivity index (χ3n) is 5.60. The molecular formula is C22H24BrN3O3S. The highest BCUT2D eigenvalue weighted by Gasteiger charge is 2.30. The number of amides is 3. The van der Waals surface area contributed by atoms with Gasteiger partial charge in [-0.1, -0.05) is 28.1 Å². The Bertz CT molecular complexity index is 919. The molecule has 2 aliphatic heterocycles. The van der Waals surface area contributed by atoms with Crippen LogP contribution in [0.3, 0.4) is 0 Å². The van der Waals surface area contributed by atoms with Crippen LogP contribution in [0.2, 0.25) is 0 Å². The molecule has 0 N–H and O–H groups in total. The van der Waals surface area contributed by atoms with E-state index in [1.54, 1.807) is 0 Å². The summed E-state index contributed by atoms with van der Waals surface area (Å²) in [6.07, 6.45) is 0.773. The summed E-state index contributed by atoms with van der Waals surface area (Å²) in [6.45, 7) is 4.14. The van der Waals surface area contributed by atoms with Crippen molar-refractivity contribution < 1.29 is 14.4 Å². The number of carbonyl (C=O) groups is 3. The SMILES string of the molecule is O=C(CCN1C(=O)CCC1=O)N1CCN(Cc2ccc(-c3ccc(Br)cc3)s2)CC1. The summed E-state index contributed by atoms with van der Waals surface area (Å²) in [7, 11) is 0. The van der Waals surface area contributed by atoms with Crippen molar-refractivity contribution in [1.82, 2.24) is 14.7 Å². The molecule has 158 valence electrons. The van der Waals surface area contributed by atoms with Crippen LogP contribution in [0.5, 0.6) is 0 Å². The highest BCUT2D eigenvalue weighted by molar-refractivity contribution is 9.10. The van der Waals surface area contributed by atoms with Crippen molar-refractivity contribution >= 4 is 45.0 Å². The number of benzene rings is 1. The first kappa shape index (κ1) is 21.2. The molecule has 0 unspecified atom stereocenters. The van der Waals surface area contributed by atoms with Crippen molar-refractivity contribution in [2.24, 2.45) is 0 Å². The van der Waals surface area contributed by atoms with Crippen LogP contribution in [0, 0.1) is 0 Å². The summed E-state index contributed by atoms with van der Waals surface area (Å²) in [5.74, 6) is -0.289. The third-order valence-corrected chi connectivity index (χ3v) is 7.25. The van der Waals surface area contributed by atoms with Crippen molar-refractivity contribution in [3.8, 4) is 10.4 Å². The van der Waals surface area contributed by atoms with Crippen molar-refractivity contribution in [2.45, 2.75) is 25.8 Å². The quantitative estimate of drug-likeness (QED) is 0.583. The number of piperazine rings is 1. The zero-order chi connectivity index (χ0) is 21.1. The molecule has 6 nitrogen and oxygen atoms in total. The number of thiophene rings is 1. The number of hydrogen-bond donors (Lipinski definition) is 0. The molecule has 0 aliphatic carbocycles. The van der Waals surface area contributed by atoms with Gasteiger partial charge in [0.25, 0.3) is 0 Å². The molecule has 1 aromatic carbocycles. The lowest BCUT2D eigenvalue weighted by atomic mass is 10.2. The molecule has 2 aliphatic rings. The summed E-state index contributed by atoms with van der Waals surface area (Å²) in [4.78, 5) is 43.8. The molecule has 2 aromatic rings. The lowest BCUT2D eigenvalue weighted by Crippen LogP contribution is -2.48. The van der Waals surface area contributed by atoms with E-state index in [1.807, 2.05) is 16.2 Å². The molecule has 0 bridgehead atoms. The van der Waals surface area contributed by atoms with E-state index in [0.717, 1.165) is 24.1 Å². The lowest BCUT2D eigenvalue weighted by molar-refractivity contribution is -0.139. The first-order valence-electron chi connectivity index (χ1n) is 10.2. The normalized spacial score (nSPS) is 17.8. The molecule has 8 heteroatoms. The van der Waals surface area contributed by atoms with Crippen LogP contribution < -0.4 is 0 Å². The Morgan fingerprint density at radius 2 is 1.60 bits per heavy atom. The van der Waals surface area contributed by atoms with Crippen molar-refractivity contribution in [2.75, 3.05) is 32.7 Å². The molecule has 4 rings (SSSR count). The molecule has 0 saturated carbocycles. The van der Waals surface area contributed by atoms with E-state index in [9.17, 15) is 14.4 Å². The van der Waals surface area contributed by atoms with Gasteiger partial charge in [-0.2, -0.15) is 0 Å². The Labute approximate surface area is 188 Å². The van der Waals surface area contributed by atoms with Gasteiger partial charge in [-0.05, 0) is 29.8 Å². The van der Waals surface area contributed by atoms with Gasteiger partial charge in [0.1, 0.15) is 0 Å². The second-order valence-electron chi connectivity index (χ2n) is 7.62. The van der Waals surface area contributed by atoms with Gasteiger partial charge in [-0.15, -0.1) is 11.3 Å². The van der Waals surface area contributed by atoms with Gasteiger partial charge in [-0.25, -0.2) is 0 Å². The minimum absolute atomic E-state index is 0.0239. The molecule has 0 atom stereocenters. The maximum Gasteiger partial charge on any atom is 0.229 e. The van der Waals surface area contributed by atoms with Crippen molar-refractivity contribution in [1.29, 1.82) is 0 Å². The third kappa shape index (κ3) is 4.99. The smallest absolute Gasteiger partial charge is 0.229 e. The lowest BCUT2D eigenvalue weighted by Gasteiger charge is -2.34. The zero-order valence-corrected chi connectivity index (χ0v) is 19.1. The highest BCUT2D eigenvalue weighted by atomic mass is 79.9. The number of carbonyl (C=O) groups excluding carboxylic acids is 3. The fourth-order valence-corrected chi connectivity index (χ4v) is 5.17. The summed E-state index contributed by atoms with van der Waals surface area (Å²) >= 11 is 5.28. The van der Waals surface area contributed by atoms with E-state index in [4.69, 9.17) is 0 Å². The number of rotatable bonds is 6. The zero-order valence-electron chi connectivity index (χ0n) is 16.7. The van der Waals surface area contributed by atoms with Crippen LogP contribution in [-0.4, -0.2) is 65.1 Å².